The minimum absolute atomic E-state index is 0.0684. The van der Waals surface area contributed by atoms with Crippen molar-refractivity contribution in [2.45, 2.75) is 44.0 Å². The van der Waals surface area contributed by atoms with Gasteiger partial charge in [0, 0.05) is 18.8 Å². The zero-order chi connectivity index (χ0) is 18.0. The van der Waals surface area contributed by atoms with Gasteiger partial charge in [0.05, 0.1) is 12.1 Å². The predicted octanol–water partition coefficient (Wildman–Crippen LogP) is 1.55. The van der Waals surface area contributed by atoms with Gasteiger partial charge < -0.3 is 15.8 Å². The molecule has 1 aliphatic rings. The molecule has 1 amide bonds. The van der Waals surface area contributed by atoms with Crippen molar-refractivity contribution in [2.24, 2.45) is 5.73 Å². The molecule has 1 aliphatic heterocycles. The highest BCUT2D eigenvalue weighted by Crippen LogP contribution is 2.31. The van der Waals surface area contributed by atoms with Crippen molar-refractivity contribution in [3.05, 3.63) is 18.2 Å². The van der Waals surface area contributed by atoms with Crippen molar-refractivity contribution in [1.82, 2.24) is 4.31 Å². The molecule has 0 unspecified atom stereocenters. The van der Waals surface area contributed by atoms with E-state index in [-0.39, 0.29) is 10.6 Å². The number of nitrogens with two attached hydrogens (primary N) is 1. The minimum Gasteiger partial charge on any atom is -0.492 e. The number of hydrogen-bond acceptors (Lipinski definition) is 5. The number of anilines is 1. The SMILES string of the molecule is CCOc1ccc(NC(=O)C(C)(C)N)cc1S(=O)(=O)N1CCCC1. The Morgan fingerprint density at radius 1 is 1.33 bits per heavy atom. The highest BCUT2D eigenvalue weighted by atomic mass is 32.2. The van der Waals surface area contributed by atoms with Gasteiger partial charge in [-0.25, -0.2) is 8.42 Å². The van der Waals surface area contributed by atoms with Crippen molar-refractivity contribution >= 4 is 21.6 Å². The van der Waals surface area contributed by atoms with Crippen LogP contribution in [-0.4, -0.2) is 43.9 Å². The van der Waals surface area contributed by atoms with Gasteiger partial charge in [0.2, 0.25) is 15.9 Å². The summed E-state index contributed by atoms with van der Waals surface area (Å²) in [7, 11) is -3.66. The lowest BCUT2D eigenvalue weighted by molar-refractivity contribution is -0.120. The zero-order valence-corrected chi connectivity index (χ0v) is 15.1. The molecule has 134 valence electrons. The second-order valence-electron chi connectivity index (χ2n) is 6.38. The van der Waals surface area contributed by atoms with Crippen LogP contribution in [0.1, 0.15) is 33.6 Å². The van der Waals surface area contributed by atoms with E-state index in [9.17, 15) is 13.2 Å². The monoisotopic (exact) mass is 355 g/mol. The van der Waals surface area contributed by atoms with Crippen molar-refractivity contribution < 1.29 is 17.9 Å². The molecule has 0 radical (unpaired) electrons. The molecule has 0 aromatic heterocycles. The van der Waals surface area contributed by atoms with Gasteiger partial charge in [-0.1, -0.05) is 0 Å². The van der Waals surface area contributed by atoms with E-state index in [0.29, 0.717) is 25.4 Å². The van der Waals surface area contributed by atoms with E-state index in [1.54, 1.807) is 32.9 Å². The van der Waals surface area contributed by atoms with Gasteiger partial charge in [0.25, 0.3) is 0 Å². The Morgan fingerprint density at radius 2 is 1.96 bits per heavy atom. The van der Waals surface area contributed by atoms with E-state index in [1.165, 1.54) is 10.4 Å². The van der Waals surface area contributed by atoms with Crippen LogP contribution < -0.4 is 15.8 Å². The first-order valence-corrected chi connectivity index (χ1v) is 9.47. The molecule has 0 spiro atoms. The van der Waals surface area contributed by atoms with Crippen LogP contribution in [0, 0.1) is 0 Å². The number of amides is 1. The van der Waals surface area contributed by atoms with E-state index in [4.69, 9.17) is 10.5 Å². The van der Waals surface area contributed by atoms with Crippen LogP contribution >= 0.6 is 0 Å². The fourth-order valence-electron chi connectivity index (χ4n) is 2.42. The molecular formula is C16H25N3O4S. The Labute approximate surface area is 143 Å². The van der Waals surface area contributed by atoms with Gasteiger partial charge in [0.1, 0.15) is 10.6 Å². The van der Waals surface area contributed by atoms with Gasteiger partial charge >= 0.3 is 0 Å². The minimum atomic E-state index is -3.66. The van der Waals surface area contributed by atoms with Crippen LogP contribution in [0.2, 0.25) is 0 Å². The highest BCUT2D eigenvalue weighted by Gasteiger charge is 2.31. The van der Waals surface area contributed by atoms with Crippen LogP contribution in [0.25, 0.3) is 0 Å². The maximum absolute atomic E-state index is 12.9. The van der Waals surface area contributed by atoms with Gasteiger partial charge in [-0.15, -0.1) is 0 Å². The molecule has 0 atom stereocenters. The summed E-state index contributed by atoms with van der Waals surface area (Å²) in [5.74, 6) is -0.106. The molecule has 1 fully saturated rings. The van der Waals surface area contributed by atoms with Crippen LogP contribution in [0.4, 0.5) is 5.69 Å². The molecule has 1 aromatic carbocycles. The predicted molar refractivity (Wildman–Crippen MR) is 92.5 cm³/mol. The summed E-state index contributed by atoms with van der Waals surface area (Å²) in [5, 5.41) is 2.65. The molecule has 7 nitrogen and oxygen atoms in total. The number of benzene rings is 1. The summed E-state index contributed by atoms with van der Waals surface area (Å²) < 4.78 is 32.7. The molecule has 2 rings (SSSR count). The maximum atomic E-state index is 12.9. The van der Waals surface area contributed by atoms with Crippen LogP contribution in [-0.2, 0) is 14.8 Å². The van der Waals surface area contributed by atoms with E-state index in [1.807, 2.05) is 0 Å². The molecule has 24 heavy (non-hydrogen) atoms. The fourth-order valence-corrected chi connectivity index (χ4v) is 4.10. The van der Waals surface area contributed by atoms with Crippen LogP contribution in [0.15, 0.2) is 23.1 Å². The standard InChI is InChI=1S/C16H25N3O4S/c1-4-23-13-8-7-12(18-15(20)16(2,3)17)11-14(13)24(21,22)19-9-5-6-10-19/h7-8,11H,4-6,9-10,17H2,1-3H3,(H,18,20). The van der Waals surface area contributed by atoms with E-state index in [2.05, 4.69) is 5.32 Å². The second-order valence-corrected chi connectivity index (χ2v) is 8.29. The summed E-state index contributed by atoms with van der Waals surface area (Å²) in [5.41, 5.74) is 5.08. The lowest BCUT2D eigenvalue weighted by atomic mass is 10.1. The number of hydrogen-bond donors (Lipinski definition) is 2. The maximum Gasteiger partial charge on any atom is 0.246 e. The topological polar surface area (TPSA) is 102 Å². The third-order valence-corrected chi connectivity index (χ3v) is 5.69. The number of rotatable bonds is 6. The van der Waals surface area contributed by atoms with Crippen LogP contribution in [0.3, 0.4) is 0 Å². The number of nitrogens with one attached hydrogen (secondary N) is 1. The van der Waals surface area contributed by atoms with Crippen molar-refractivity contribution in [3.8, 4) is 5.75 Å². The molecule has 0 aliphatic carbocycles. The van der Waals surface area contributed by atoms with Crippen molar-refractivity contribution in [1.29, 1.82) is 0 Å². The van der Waals surface area contributed by atoms with Gasteiger partial charge in [-0.05, 0) is 51.8 Å². The fraction of sp³-hybridized carbons (Fsp3) is 0.562. The van der Waals surface area contributed by atoms with Gasteiger partial charge in [0.15, 0.2) is 0 Å². The summed E-state index contributed by atoms with van der Waals surface area (Å²) >= 11 is 0. The van der Waals surface area contributed by atoms with E-state index >= 15 is 0 Å². The molecule has 0 bridgehead atoms. The van der Waals surface area contributed by atoms with Crippen molar-refractivity contribution in [3.63, 3.8) is 0 Å². The Kier molecular flexibility index (Phi) is 5.52. The number of sulfonamides is 1. The summed E-state index contributed by atoms with van der Waals surface area (Å²) in [6.45, 7) is 6.31. The van der Waals surface area contributed by atoms with E-state index in [0.717, 1.165) is 12.8 Å². The molecule has 3 N–H and O–H groups in total. The molecule has 1 saturated heterocycles. The number of nitrogens with zero attached hydrogens (tertiary/aromatic N) is 1. The smallest absolute Gasteiger partial charge is 0.246 e. The average Bonchev–Trinajstić information content (AvgIpc) is 3.03. The first-order valence-electron chi connectivity index (χ1n) is 8.03. The Morgan fingerprint density at radius 3 is 2.50 bits per heavy atom. The highest BCUT2D eigenvalue weighted by molar-refractivity contribution is 7.89. The third kappa shape index (κ3) is 4.06. The average molecular weight is 355 g/mol. The normalized spacial score (nSPS) is 16.2. The molecule has 0 saturated carbocycles. The summed E-state index contributed by atoms with van der Waals surface area (Å²) in [6, 6.07) is 4.60. The first kappa shape index (κ1) is 18.7. The van der Waals surface area contributed by atoms with E-state index < -0.39 is 21.5 Å². The summed E-state index contributed by atoms with van der Waals surface area (Å²) in [4.78, 5) is 12.1. The third-order valence-electron chi connectivity index (χ3n) is 3.77. The number of carbonyl (C=O) groups excluding carboxylic acids is 1. The quantitative estimate of drug-likeness (QED) is 0.806. The lowest BCUT2D eigenvalue weighted by Gasteiger charge is -2.21. The number of ether oxygens (including phenoxy) is 1. The Bertz CT molecular complexity index is 705. The van der Waals surface area contributed by atoms with Gasteiger partial charge in [-0.3, -0.25) is 4.79 Å². The number of carbonyl (C=O) groups is 1. The lowest BCUT2D eigenvalue weighted by Crippen LogP contribution is -2.45. The molecular weight excluding hydrogens is 330 g/mol. The molecule has 1 heterocycles. The largest absolute Gasteiger partial charge is 0.492 e. The van der Waals surface area contributed by atoms with Crippen LogP contribution in [0.5, 0.6) is 5.75 Å². The summed E-state index contributed by atoms with van der Waals surface area (Å²) in [6.07, 6.45) is 1.70. The Balaban J connectivity index is 2.40. The second kappa shape index (κ2) is 7.08. The zero-order valence-electron chi connectivity index (χ0n) is 14.3. The van der Waals surface area contributed by atoms with Crippen molar-refractivity contribution in [2.75, 3.05) is 25.0 Å². The molecule has 8 heteroatoms. The Hall–Kier alpha value is -1.64. The first-order chi connectivity index (χ1) is 11.2. The molecule has 1 aromatic rings. The van der Waals surface area contributed by atoms with Gasteiger partial charge in [-0.2, -0.15) is 4.31 Å².